The van der Waals surface area contributed by atoms with Gasteiger partial charge < -0.3 is 24.3 Å². The Morgan fingerprint density at radius 1 is 0.394 bits per heavy atom. The third kappa shape index (κ3) is 20.6. The molecule has 13 aromatic rings. The number of aryl methyl sites for hydroxylation is 7. The van der Waals surface area contributed by atoms with Gasteiger partial charge in [-0.15, -0.1) is 65.7 Å². The third-order valence-corrected chi connectivity index (χ3v) is 27.2. The normalized spacial score (nSPS) is 15.4. The van der Waals surface area contributed by atoms with Gasteiger partial charge in [-0.3, -0.25) is 52.6 Å². The fraction of sp³-hybridized carbons (Fsp3) is 0.333. The number of aromatic nitrogens is 10. The Kier molecular flexibility index (Phi) is 27.5. The Hall–Kier alpha value is -10.9. The lowest BCUT2D eigenvalue weighted by molar-refractivity contribution is -0.156. The fourth-order valence-electron chi connectivity index (χ4n) is 15.1. The average Bonchev–Trinajstić information content (AvgIpc) is 1.61. The molecule has 8 aromatic heterocycles. The Balaban J connectivity index is 0.000000137. The number of esters is 3. The number of benzene rings is 5. The lowest BCUT2D eigenvalue weighted by Gasteiger charge is -2.21. The smallest absolute Gasteiger partial charge is 0.407 e. The van der Waals surface area contributed by atoms with Crippen molar-refractivity contribution in [3.05, 3.63) is 299 Å². The largest absolute Gasteiger partial charge is 0.460 e. The molecule has 4 aliphatic rings. The van der Waals surface area contributed by atoms with Crippen molar-refractivity contribution in [2.75, 3.05) is 6.54 Å². The van der Waals surface area contributed by atoms with Crippen LogP contribution in [-0.2, 0) is 39.9 Å². The van der Waals surface area contributed by atoms with E-state index in [1.165, 1.54) is 30.6 Å². The standard InChI is InChI=1S/C26H24ClN5O2S.2C24H26ClN3O2S.C22H23ClN4O2S/c1-15-16(2)35-25-22(15)23(19-9-11-20(27)12-10-19)29-21(24-31-30-17(3)32(24)25)13-28-26(33)34-14-18-7-5-4-6-8-18;2*1-13-12-26-22-18(11-19(29)30-24(4,5)6)27-21(16-7-9-17(25)10-8-16)20-14(2)15(3)31-23(20)28(13)22;1-12-13(2)30-21-18(12)19(14-6-8-15(23)9-7-14)25-16(20-26-24-11-27(20)21)10-17(28)29-22(3,4)5/h4-12,21H,13-14H2,1-3H3,(H,28,33);2*7-10,12,18H,11H2,1-6H3;6-9,11,16H,10H2,1-5H3/t21-;;;16-/m0..0/s1. The van der Waals surface area contributed by atoms with Crippen LogP contribution in [0.1, 0.15) is 238 Å². The van der Waals surface area contributed by atoms with Crippen molar-refractivity contribution < 1.29 is 38.1 Å². The molecule has 0 aliphatic carbocycles. The van der Waals surface area contributed by atoms with Gasteiger partial charge in [-0.1, -0.05) is 125 Å². The van der Waals surface area contributed by atoms with Crippen molar-refractivity contribution in [1.29, 1.82) is 0 Å². The van der Waals surface area contributed by atoms with E-state index >= 15 is 0 Å². The van der Waals surface area contributed by atoms with Gasteiger partial charge in [-0.05, 0) is 215 Å². The van der Waals surface area contributed by atoms with E-state index in [-0.39, 0.29) is 50.3 Å². The molecule has 5 aromatic carbocycles. The molecule has 127 heavy (non-hydrogen) atoms. The molecule has 0 saturated carbocycles. The Morgan fingerprint density at radius 2 is 0.724 bits per heavy atom. The molecule has 0 bridgehead atoms. The quantitative estimate of drug-likeness (QED) is 0.0784. The summed E-state index contributed by atoms with van der Waals surface area (Å²) in [5.41, 5.74) is 17.4. The van der Waals surface area contributed by atoms with Crippen molar-refractivity contribution in [3.63, 3.8) is 0 Å². The van der Waals surface area contributed by atoms with Gasteiger partial charge in [0.05, 0.1) is 48.7 Å². The second-order valence-electron chi connectivity index (χ2n) is 34.4. The molecule has 2 unspecified atom stereocenters. The molecule has 31 heteroatoms. The van der Waals surface area contributed by atoms with Crippen LogP contribution in [0.4, 0.5) is 4.79 Å². The van der Waals surface area contributed by atoms with E-state index in [1.54, 1.807) is 51.7 Å². The highest BCUT2D eigenvalue weighted by Gasteiger charge is 2.39. The van der Waals surface area contributed by atoms with Crippen LogP contribution >= 0.6 is 91.8 Å². The van der Waals surface area contributed by atoms with Crippen LogP contribution in [0.25, 0.3) is 20.0 Å². The number of thiophene rings is 4. The number of rotatable bonds is 14. The van der Waals surface area contributed by atoms with E-state index in [9.17, 15) is 19.2 Å². The number of hydrogen-bond donors (Lipinski definition) is 1. The molecule has 23 nitrogen and oxygen atoms in total. The molecule has 4 atom stereocenters. The summed E-state index contributed by atoms with van der Waals surface area (Å²) in [6, 6.07) is 38.3. The highest BCUT2D eigenvalue weighted by atomic mass is 35.5. The van der Waals surface area contributed by atoms with Crippen LogP contribution in [-0.4, -0.2) is 119 Å². The number of carbonyl (C=O) groups excluding carboxylic acids is 4. The number of amides is 1. The highest BCUT2D eigenvalue weighted by Crippen LogP contribution is 2.46. The minimum atomic E-state index is -0.565. The van der Waals surface area contributed by atoms with Crippen LogP contribution < -0.4 is 5.32 Å². The van der Waals surface area contributed by atoms with E-state index in [4.69, 9.17) is 85.3 Å². The minimum absolute atomic E-state index is 0.0834. The molecule has 4 aliphatic heterocycles. The van der Waals surface area contributed by atoms with E-state index in [2.05, 4.69) is 100 Å². The van der Waals surface area contributed by atoms with Crippen LogP contribution in [0, 0.1) is 76.2 Å². The van der Waals surface area contributed by atoms with Crippen molar-refractivity contribution in [3.8, 4) is 20.0 Å². The summed E-state index contributed by atoms with van der Waals surface area (Å²) in [6.07, 6.45) is 5.19. The zero-order valence-corrected chi connectivity index (χ0v) is 80.7. The molecule has 0 spiro atoms. The number of hydrogen-bond acceptors (Lipinski definition) is 22. The monoisotopic (exact) mass is 1860 g/mol. The van der Waals surface area contributed by atoms with Gasteiger partial charge in [0.15, 0.2) is 11.6 Å². The second-order valence-corrected chi connectivity index (χ2v) is 40.9. The van der Waals surface area contributed by atoms with Crippen molar-refractivity contribution in [2.45, 2.75) is 205 Å². The number of nitrogens with one attached hydrogen (secondary N) is 1. The number of fused-ring (bicyclic) bond motifs is 12. The van der Waals surface area contributed by atoms with E-state index in [1.807, 2.05) is 232 Å². The highest BCUT2D eigenvalue weighted by molar-refractivity contribution is 7.16. The third-order valence-electron chi connectivity index (χ3n) is 21.4. The number of nitrogens with zero attached hydrogens (tertiary/aromatic N) is 14. The zero-order valence-electron chi connectivity index (χ0n) is 74.4. The molecule has 1 amide bonds. The first-order chi connectivity index (χ1) is 60.2. The van der Waals surface area contributed by atoms with Gasteiger partial charge in [-0.2, -0.15) is 0 Å². The number of alkyl carbamates (subject to hydrolysis) is 1. The summed E-state index contributed by atoms with van der Waals surface area (Å²) in [4.78, 5) is 85.1. The van der Waals surface area contributed by atoms with Crippen LogP contribution in [0.3, 0.4) is 0 Å². The lowest BCUT2D eigenvalue weighted by atomic mass is 9.99. The Labute approximate surface area is 775 Å². The van der Waals surface area contributed by atoms with E-state index < -0.39 is 47.1 Å². The van der Waals surface area contributed by atoms with Crippen LogP contribution in [0.5, 0.6) is 0 Å². The molecule has 0 fully saturated rings. The summed E-state index contributed by atoms with van der Waals surface area (Å²) < 4.78 is 30.4. The lowest BCUT2D eigenvalue weighted by Crippen LogP contribution is -2.29. The SMILES string of the molecule is Cc1sc2c(c1C)C(c1ccc(Cl)cc1)=NC(CC(=O)OC(C)(C)C)c1ncc(C)n1-2.Cc1sc2c(c1C)C(c1ccc(Cl)cc1)=NC(CC(=O)OC(C)(C)C)c1ncc(C)n1-2.Cc1sc2c(c1C)C(c1ccc(Cl)cc1)=N[C@@H](CC(=O)OC(C)(C)C)c1nncn1-2.Cc1sc2c(c1C)C(c1ccc(Cl)cc1)=N[C@@H](CNC(=O)OCc1ccccc1)c1nnc(C)n1-2. The van der Waals surface area contributed by atoms with Gasteiger partial charge in [0.25, 0.3) is 0 Å². The second kappa shape index (κ2) is 37.8. The maximum absolute atomic E-state index is 12.7. The summed E-state index contributed by atoms with van der Waals surface area (Å²) in [6.45, 7) is 40.1. The predicted molar refractivity (Wildman–Crippen MR) is 509 cm³/mol. The van der Waals surface area contributed by atoms with E-state index in [0.29, 0.717) is 31.7 Å². The molecule has 0 saturated heterocycles. The van der Waals surface area contributed by atoms with Crippen molar-refractivity contribution in [1.82, 2.24) is 53.9 Å². The maximum Gasteiger partial charge on any atom is 0.407 e. The van der Waals surface area contributed by atoms with Crippen molar-refractivity contribution >= 4 is 139 Å². The Bertz CT molecular complexity index is 6280. The Morgan fingerprint density at radius 3 is 1.09 bits per heavy atom. The number of imidazole rings is 2. The molecular formula is C96H99Cl4N15O8S4. The summed E-state index contributed by atoms with van der Waals surface area (Å²) in [5, 5.41) is 26.9. The van der Waals surface area contributed by atoms with Gasteiger partial charge in [-0.25, -0.2) is 14.8 Å². The first kappa shape index (κ1) is 92.3. The molecule has 1 N–H and O–H groups in total. The van der Waals surface area contributed by atoms with Gasteiger partial charge >= 0.3 is 24.0 Å². The molecular weight excluding hydrogens is 1760 g/mol. The topological polar surface area (TPSA) is 264 Å². The molecule has 17 rings (SSSR count). The molecule has 658 valence electrons. The first-order valence-electron chi connectivity index (χ1n) is 41.4. The minimum Gasteiger partial charge on any atom is -0.460 e. The van der Waals surface area contributed by atoms with Crippen LogP contribution in [0.15, 0.2) is 166 Å². The molecule has 12 heterocycles. The summed E-state index contributed by atoms with van der Waals surface area (Å²) in [5.74, 6) is 2.70. The van der Waals surface area contributed by atoms with Gasteiger partial charge in [0.1, 0.15) is 91.4 Å². The number of ether oxygens (including phenoxy) is 4. The van der Waals surface area contributed by atoms with Gasteiger partial charge in [0.2, 0.25) is 0 Å². The number of halogens is 4. The zero-order chi connectivity index (χ0) is 91.2. The summed E-state index contributed by atoms with van der Waals surface area (Å²) in [7, 11) is 0. The van der Waals surface area contributed by atoms with E-state index in [0.717, 1.165) is 133 Å². The van der Waals surface area contributed by atoms with Gasteiger partial charge in [0, 0.05) is 108 Å². The number of aliphatic imine (C=N–C) groups is 4. The van der Waals surface area contributed by atoms with Crippen LogP contribution in [0.2, 0.25) is 20.1 Å². The number of carbonyl (C=O) groups is 4. The maximum atomic E-state index is 12.7. The first-order valence-corrected chi connectivity index (χ1v) is 46.2. The fourth-order valence-corrected chi connectivity index (χ4v) is 20.4. The summed E-state index contributed by atoms with van der Waals surface area (Å²) >= 11 is 31.4. The average molecular weight is 1860 g/mol. The van der Waals surface area contributed by atoms with Crippen molar-refractivity contribution in [2.24, 2.45) is 20.0 Å². The predicted octanol–water partition coefficient (Wildman–Crippen LogP) is 23.2. The molecule has 0 radical (unpaired) electrons.